The van der Waals surface area contributed by atoms with Crippen molar-refractivity contribution in [3.05, 3.63) is 65.2 Å². The van der Waals surface area contributed by atoms with Gasteiger partial charge in [0.25, 0.3) is 0 Å². The molecule has 0 aromatic heterocycles. The molecule has 120 valence electrons. The third-order valence-electron chi connectivity index (χ3n) is 3.39. The SMILES string of the molecule is CCOC(=O)c1ccc(N)cc1C/C=C/c1ccc(OC)cc1. The van der Waals surface area contributed by atoms with Gasteiger partial charge < -0.3 is 15.2 Å². The van der Waals surface area contributed by atoms with Gasteiger partial charge in [-0.3, -0.25) is 0 Å². The highest BCUT2D eigenvalue weighted by Crippen LogP contribution is 2.17. The van der Waals surface area contributed by atoms with Crippen molar-refractivity contribution >= 4 is 17.7 Å². The van der Waals surface area contributed by atoms with Crippen LogP contribution in [0.4, 0.5) is 5.69 Å². The van der Waals surface area contributed by atoms with Crippen molar-refractivity contribution in [3.63, 3.8) is 0 Å². The van der Waals surface area contributed by atoms with Gasteiger partial charge in [0.15, 0.2) is 0 Å². The maximum atomic E-state index is 12.0. The number of esters is 1. The van der Waals surface area contributed by atoms with E-state index in [1.807, 2.05) is 42.5 Å². The van der Waals surface area contributed by atoms with Gasteiger partial charge in [-0.25, -0.2) is 4.79 Å². The zero-order valence-corrected chi connectivity index (χ0v) is 13.4. The van der Waals surface area contributed by atoms with E-state index in [4.69, 9.17) is 15.2 Å². The van der Waals surface area contributed by atoms with E-state index in [0.29, 0.717) is 24.3 Å². The number of carbonyl (C=O) groups is 1. The second-order valence-electron chi connectivity index (χ2n) is 5.02. The summed E-state index contributed by atoms with van der Waals surface area (Å²) in [5.41, 5.74) is 8.93. The Bertz CT molecular complexity index is 690. The summed E-state index contributed by atoms with van der Waals surface area (Å²) in [5, 5.41) is 0. The van der Waals surface area contributed by atoms with Crippen molar-refractivity contribution in [1.29, 1.82) is 0 Å². The second-order valence-corrected chi connectivity index (χ2v) is 5.02. The summed E-state index contributed by atoms with van der Waals surface area (Å²) in [6.07, 6.45) is 4.60. The van der Waals surface area contributed by atoms with E-state index in [0.717, 1.165) is 16.9 Å². The highest BCUT2D eigenvalue weighted by atomic mass is 16.5. The monoisotopic (exact) mass is 311 g/mol. The number of benzene rings is 2. The predicted octanol–water partition coefficient (Wildman–Crippen LogP) is 3.71. The Morgan fingerprint density at radius 3 is 2.57 bits per heavy atom. The van der Waals surface area contributed by atoms with Gasteiger partial charge in [0, 0.05) is 5.69 Å². The van der Waals surface area contributed by atoms with Crippen LogP contribution < -0.4 is 10.5 Å². The number of nitrogen functional groups attached to an aromatic ring is 1. The van der Waals surface area contributed by atoms with E-state index in [1.54, 1.807) is 26.2 Å². The van der Waals surface area contributed by atoms with Gasteiger partial charge >= 0.3 is 5.97 Å². The summed E-state index contributed by atoms with van der Waals surface area (Å²) in [7, 11) is 1.64. The average Bonchev–Trinajstić information content (AvgIpc) is 2.56. The lowest BCUT2D eigenvalue weighted by Crippen LogP contribution is -2.08. The van der Waals surface area contributed by atoms with Gasteiger partial charge in [0.1, 0.15) is 5.75 Å². The fourth-order valence-electron chi connectivity index (χ4n) is 2.23. The number of rotatable bonds is 6. The zero-order chi connectivity index (χ0) is 16.7. The number of nitrogens with two attached hydrogens (primary N) is 1. The van der Waals surface area contributed by atoms with Crippen LogP contribution in [0.1, 0.15) is 28.4 Å². The molecule has 0 bridgehead atoms. The first-order chi connectivity index (χ1) is 11.1. The maximum absolute atomic E-state index is 12.0. The highest BCUT2D eigenvalue weighted by Gasteiger charge is 2.11. The van der Waals surface area contributed by atoms with Gasteiger partial charge in [-0.1, -0.05) is 24.3 Å². The molecule has 4 nitrogen and oxygen atoms in total. The fraction of sp³-hybridized carbons (Fsp3) is 0.211. The lowest BCUT2D eigenvalue weighted by Gasteiger charge is -2.08. The van der Waals surface area contributed by atoms with Crippen LogP contribution in [0.25, 0.3) is 6.08 Å². The van der Waals surface area contributed by atoms with E-state index in [2.05, 4.69) is 0 Å². The molecule has 0 aliphatic carbocycles. The molecule has 0 aliphatic rings. The Hall–Kier alpha value is -2.75. The number of carbonyl (C=O) groups excluding carboxylic acids is 1. The van der Waals surface area contributed by atoms with Crippen molar-refractivity contribution in [3.8, 4) is 5.75 Å². The van der Waals surface area contributed by atoms with Gasteiger partial charge in [0.2, 0.25) is 0 Å². The standard InChI is InChI=1S/C19H21NO3/c1-3-23-19(21)18-12-9-16(20)13-15(18)6-4-5-14-7-10-17(22-2)11-8-14/h4-5,7-13H,3,6,20H2,1-2H3/b5-4+. The maximum Gasteiger partial charge on any atom is 0.338 e. The molecule has 0 atom stereocenters. The molecule has 0 unspecified atom stereocenters. The summed E-state index contributed by atoms with van der Waals surface area (Å²) in [6.45, 7) is 2.14. The first-order valence-electron chi connectivity index (χ1n) is 7.50. The van der Waals surface area contributed by atoms with E-state index >= 15 is 0 Å². The topological polar surface area (TPSA) is 61.5 Å². The van der Waals surface area contributed by atoms with Crippen LogP contribution in [-0.4, -0.2) is 19.7 Å². The van der Waals surface area contributed by atoms with Crippen LogP contribution in [0.3, 0.4) is 0 Å². The van der Waals surface area contributed by atoms with Crippen LogP contribution >= 0.6 is 0 Å². The Labute approximate surface area is 136 Å². The molecular formula is C19H21NO3. The van der Waals surface area contributed by atoms with Gasteiger partial charge in [0.05, 0.1) is 19.3 Å². The zero-order valence-electron chi connectivity index (χ0n) is 13.4. The molecule has 4 heteroatoms. The average molecular weight is 311 g/mol. The molecule has 23 heavy (non-hydrogen) atoms. The number of hydrogen-bond acceptors (Lipinski definition) is 4. The molecule has 2 rings (SSSR count). The summed E-state index contributed by atoms with van der Waals surface area (Å²) >= 11 is 0. The minimum atomic E-state index is -0.319. The molecule has 2 aromatic rings. The first kappa shape index (κ1) is 16.6. The molecule has 0 amide bonds. The molecule has 0 spiro atoms. The summed E-state index contributed by atoms with van der Waals surface area (Å²) < 4.78 is 10.2. The molecule has 0 radical (unpaired) electrons. The van der Waals surface area contributed by atoms with Gasteiger partial charge in [-0.15, -0.1) is 0 Å². The minimum Gasteiger partial charge on any atom is -0.497 e. The third kappa shape index (κ3) is 4.61. The van der Waals surface area contributed by atoms with Gasteiger partial charge in [-0.05, 0) is 54.8 Å². The normalized spacial score (nSPS) is 10.7. The third-order valence-corrected chi connectivity index (χ3v) is 3.39. The van der Waals surface area contributed by atoms with Crippen molar-refractivity contribution in [2.45, 2.75) is 13.3 Å². The van der Waals surface area contributed by atoms with Gasteiger partial charge in [-0.2, -0.15) is 0 Å². The van der Waals surface area contributed by atoms with Crippen LogP contribution in [0.15, 0.2) is 48.5 Å². The highest BCUT2D eigenvalue weighted by molar-refractivity contribution is 5.91. The number of hydrogen-bond donors (Lipinski definition) is 1. The van der Waals surface area contributed by atoms with Crippen LogP contribution in [0.5, 0.6) is 5.75 Å². The van der Waals surface area contributed by atoms with Crippen molar-refractivity contribution in [2.75, 3.05) is 19.5 Å². The number of ether oxygens (including phenoxy) is 2. The van der Waals surface area contributed by atoms with Crippen molar-refractivity contribution in [1.82, 2.24) is 0 Å². The van der Waals surface area contributed by atoms with Crippen LogP contribution in [-0.2, 0) is 11.2 Å². The van der Waals surface area contributed by atoms with Crippen molar-refractivity contribution in [2.24, 2.45) is 0 Å². The van der Waals surface area contributed by atoms with E-state index in [1.165, 1.54) is 0 Å². The largest absolute Gasteiger partial charge is 0.497 e. The Morgan fingerprint density at radius 1 is 1.17 bits per heavy atom. The summed E-state index contributed by atoms with van der Waals surface area (Å²) in [6, 6.07) is 13.0. The molecule has 0 saturated carbocycles. The number of methoxy groups -OCH3 is 1. The van der Waals surface area contributed by atoms with E-state index < -0.39 is 0 Å². The summed E-state index contributed by atoms with van der Waals surface area (Å²) in [5.74, 6) is 0.503. The Kier molecular flexibility index (Phi) is 5.80. The minimum absolute atomic E-state index is 0.319. The Balaban J connectivity index is 2.13. The molecule has 2 aromatic carbocycles. The molecule has 0 aliphatic heterocycles. The molecule has 0 fully saturated rings. The molecule has 0 heterocycles. The fourth-order valence-corrected chi connectivity index (χ4v) is 2.23. The number of anilines is 1. The quantitative estimate of drug-likeness (QED) is 0.652. The molecule has 0 saturated heterocycles. The predicted molar refractivity (Wildman–Crippen MR) is 92.5 cm³/mol. The van der Waals surface area contributed by atoms with E-state index in [9.17, 15) is 4.79 Å². The Morgan fingerprint density at radius 2 is 1.91 bits per heavy atom. The molecular weight excluding hydrogens is 290 g/mol. The van der Waals surface area contributed by atoms with Crippen LogP contribution in [0.2, 0.25) is 0 Å². The smallest absolute Gasteiger partial charge is 0.338 e. The first-order valence-corrected chi connectivity index (χ1v) is 7.50. The lowest BCUT2D eigenvalue weighted by atomic mass is 10.0. The van der Waals surface area contributed by atoms with E-state index in [-0.39, 0.29) is 5.97 Å². The second kappa shape index (κ2) is 8.03. The summed E-state index contributed by atoms with van der Waals surface area (Å²) in [4.78, 5) is 12.0. The number of allylic oxidation sites excluding steroid dienone is 1. The van der Waals surface area contributed by atoms with Crippen LogP contribution in [0, 0.1) is 0 Å². The molecule has 2 N–H and O–H groups in total. The lowest BCUT2D eigenvalue weighted by molar-refractivity contribution is 0.0525. The van der Waals surface area contributed by atoms with Crippen molar-refractivity contribution < 1.29 is 14.3 Å².